The first-order valence-electron chi connectivity index (χ1n) is 6.46. The van der Waals surface area contributed by atoms with E-state index in [1.54, 1.807) is 12.3 Å². The first-order chi connectivity index (χ1) is 10.1. The maximum Gasteiger partial charge on any atom is 0.233 e. The number of thioether (sulfide) groups is 1. The Hall–Kier alpha value is -1.53. The van der Waals surface area contributed by atoms with E-state index in [0.717, 1.165) is 15.3 Å². The van der Waals surface area contributed by atoms with E-state index in [1.807, 2.05) is 42.0 Å². The Labute approximate surface area is 136 Å². The SMILES string of the molecule is C=CCNC(=O)C(C)Sc1nccn1-c1ccc(Br)cc1. The second-order valence-corrected chi connectivity index (χ2v) is 6.57. The predicted octanol–water partition coefficient (Wildman–Crippen LogP) is 3.42. The van der Waals surface area contributed by atoms with E-state index in [0.29, 0.717) is 6.54 Å². The summed E-state index contributed by atoms with van der Waals surface area (Å²) in [5.41, 5.74) is 1.01. The van der Waals surface area contributed by atoms with Gasteiger partial charge in [-0.05, 0) is 31.2 Å². The number of nitrogens with one attached hydrogen (secondary N) is 1. The second kappa shape index (κ2) is 7.47. The molecule has 1 aromatic heterocycles. The summed E-state index contributed by atoms with van der Waals surface area (Å²) in [4.78, 5) is 16.2. The van der Waals surface area contributed by atoms with Crippen LogP contribution in [0.5, 0.6) is 0 Å². The molecule has 1 atom stereocenters. The van der Waals surface area contributed by atoms with Crippen molar-refractivity contribution in [1.29, 1.82) is 0 Å². The van der Waals surface area contributed by atoms with Gasteiger partial charge in [0.2, 0.25) is 5.91 Å². The maximum atomic E-state index is 11.9. The zero-order chi connectivity index (χ0) is 15.2. The third kappa shape index (κ3) is 4.22. The first kappa shape index (κ1) is 15.9. The lowest BCUT2D eigenvalue weighted by Crippen LogP contribution is -2.31. The number of nitrogens with zero attached hydrogens (tertiary/aromatic N) is 2. The fourth-order valence-corrected chi connectivity index (χ4v) is 2.88. The van der Waals surface area contributed by atoms with E-state index in [-0.39, 0.29) is 11.2 Å². The highest BCUT2D eigenvalue weighted by atomic mass is 79.9. The Kier molecular flexibility index (Phi) is 5.64. The number of benzene rings is 1. The van der Waals surface area contributed by atoms with E-state index in [4.69, 9.17) is 0 Å². The van der Waals surface area contributed by atoms with Gasteiger partial charge in [0.1, 0.15) is 0 Å². The predicted molar refractivity (Wildman–Crippen MR) is 89.8 cm³/mol. The molecule has 110 valence electrons. The summed E-state index contributed by atoms with van der Waals surface area (Å²) in [5.74, 6) is -0.0229. The summed E-state index contributed by atoms with van der Waals surface area (Å²) in [6, 6.07) is 7.95. The molecule has 0 aliphatic rings. The van der Waals surface area contributed by atoms with Crippen LogP contribution in [-0.2, 0) is 4.79 Å². The first-order valence-corrected chi connectivity index (χ1v) is 8.13. The van der Waals surface area contributed by atoms with E-state index in [1.165, 1.54) is 11.8 Å². The Morgan fingerprint density at radius 3 is 2.90 bits per heavy atom. The number of hydrogen-bond donors (Lipinski definition) is 1. The molecule has 1 heterocycles. The van der Waals surface area contributed by atoms with Crippen molar-refractivity contribution < 1.29 is 4.79 Å². The number of halogens is 1. The molecule has 0 fully saturated rings. The van der Waals surface area contributed by atoms with Crippen LogP contribution < -0.4 is 5.32 Å². The molecule has 2 rings (SSSR count). The van der Waals surface area contributed by atoms with Crippen molar-refractivity contribution in [3.8, 4) is 5.69 Å². The monoisotopic (exact) mass is 365 g/mol. The Morgan fingerprint density at radius 2 is 2.24 bits per heavy atom. The fourth-order valence-electron chi connectivity index (χ4n) is 1.70. The van der Waals surface area contributed by atoms with E-state index in [9.17, 15) is 4.79 Å². The lowest BCUT2D eigenvalue weighted by atomic mass is 10.3. The van der Waals surface area contributed by atoms with Gasteiger partial charge in [-0.2, -0.15) is 0 Å². The van der Waals surface area contributed by atoms with E-state index < -0.39 is 0 Å². The van der Waals surface area contributed by atoms with Gasteiger partial charge in [0.25, 0.3) is 0 Å². The second-order valence-electron chi connectivity index (χ2n) is 4.35. The summed E-state index contributed by atoms with van der Waals surface area (Å²) in [6.45, 7) is 5.93. The van der Waals surface area contributed by atoms with Crippen LogP contribution in [0.1, 0.15) is 6.92 Å². The van der Waals surface area contributed by atoms with Gasteiger partial charge in [-0.25, -0.2) is 4.98 Å². The minimum Gasteiger partial charge on any atom is -0.352 e. The molecule has 0 bridgehead atoms. The molecular weight excluding hydrogens is 350 g/mol. The maximum absolute atomic E-state index is 11.9. The van der Waals surface area contributed by atoms with Crippen LogP contribution in [0, 0.1) is 0 Å². The smallest absolute Gasteiger partial charge is 0.233 e. The van der Waals surface area contributed by atoms with Crippen molar-refractivity contribution in [1.82, 2.24) is 14.9 Å². The number of amides is 1. The van der Waals surface area contributed by atoms with Crippen molar-refractivity contribution in [3.63, 3.8) is 0 Å². The van der Waals surface area contributed by atoms with Gasteiger partial charge < -0.3 is 5.32 Å². The number of hydrogen-bond acceptors (Lipinski definition) is 3. The number of carbonyl (C=O) groups is 1. The van der Waals surface area contributed by atoms with Gasteiger partial charge in [-0.3, -0.25) is 9.36 Å². The summed E-state index contributed by atoms with van der Waals surface area (Å²) < 4.78 is 2.99. The summed E-state index contributed by atoms with van der Waals surface area (Å²) in [7, 11) is 0. The largest absolute Gasteiger partial charge is 0.352 e. The van der Waals surface area contributed by atoms with Crippen molar-refractivity contribution in [2.75, 3.05) is 6.54 Å². The lowest BCUT2D eigenvalue weighted by Gasteiger charge is -2.12. The van der Waals surface area contributed by atoms with Gasteiger partial charge in [0, 0.05) is 29.1 Å². The molecule has 1 aromatic carbocycles. The molecule has 0 radical (unpaired) electrons. The number of imidazole rings is 1. The molecule has 0 spiro atoms. The van der Waals surface area contributed by atoms with Crippen LogP contribution >= 0.6 is 27.7 Å². The normalized spacial score (nSPS) is 11.9. The zero-order valence-electron chi connectivity index (χ0n) is 11.6. The van der Waals surface area contributed by atoms with Gasteiger partial charge >= 0.3 is 0 Å². The molecule has 0 aliphatic carbocycles. The van der Waals surface area contributed by atoms with Crippen LogP contribution in [-0.4, -0.2) is 27.3 Å². The highest BCUT2D eigenvalue weighted by Gasteiger charge is 2.17. The molecule has 2 aromatic rings. The third-order valence-corrected chi connectivity index (χ3v) is 4.39. The average molecular weight is 366 g/mol. The molecule has 0 aliphatic heterocycles. The molecule has 1 N–H and O–H groups in total. The number of rotatable bonds is 6. The molecule has 6 heteroatoms. The van der Waals surface area contributed by atoms with Crippen LogP contribution in [0.3, 0.4) is 0 Å². The summed E-state index contributed by atoms with van der Waals surface area (Å²) in [5, 5.41) is 3.36. The minimum atomic E-state index is -0.221. The van der Waals surface area contributed by atoms with Crippen LogP contribution in [0.4, 0.5) is 0 Å². The van der Waals surface area contributed by atoms with Crippen LogP contribution in [0.2, 0.25) is 0 Å². The van der Waals surface area contributed by atoms with Crippen molar-refractivity contribution in [2.45, 2.75) is 17.3 Å². The van der Waals surface area contributed by atoms with Crippen molar-refractivity contribution >= 4 is 33.6 Å². The van der Waals surface area contributed by atoms with Crippen molar-refractivity contribution in [2.24, 2.45) is 0 Å². The quantitative estimate of drug-likeness (QED) is 0.630. The highest BCUT2D eigenvalue weighted by Crippen LogP contribution is 2.25. The van der Waals surface area contributed by atoms with Gasteiger partial charge in [-0.15, -0.1) is 6.58 Å². The lowest BCUT2D eigenvalue weighted by molar-refractivity contribution is -0.120. The topological polar surface area (TPSA) is 46.9 Å². The molecular formula is C15H16BrN3OS. The van der Waals surface area contributed by atoms with Crippen LogP contribution in [0.25, 0.3) is 5.69 Å². The van der Waals surface area contributed by atoms with Gasteiger partial charge in [0.15, 0.2) is 5.16 Å². The standard InChI is InChI=1S/C15H16BrN3OS/c1-3-8-17-14(20)11(2)21-15-18-9-10-19(15)13-6-4-12(16)5-7-13/h3-7,9-11H,1,8H2,2H3,(H,17,20). The summed E-state index contributed by atoms with van der Waals surface area (Å²) in [6.07, 6.45) is 5.29. The summed E-state index contributed by atoms with van der Waals surface area (Å²) >= 11 is 4.85. The Morgan fingerprint density at radius 1 is 1.52 bits per heavy atom. The van der Waals surface area contributed by atoms with Crippen LogP contribution in [0.15, 0.2) is 58.9 Å². The fraction of sp³-hybridized carbons (Fsp3) is 0.200. The molecule has 1 unspecified atom stereocenters. The molecule has 1 amide bonds. The molecule has 4 nitrogen and oxygen atoms in total. The molecule has 0 saturated heterocycles. The van der Waals surface area contributed by atoms with E-state index in [2.05, 4.69) is 32.8 Å². The molecule has 21 heavy (non-hydrogen) atoms. The van der Waals surface area contributed by atoms with Crippen molar-refractivity contribution in [3.05, 3.63) is 53.8 Å². The highest BCUT2D eigenvalue weighted by molar-refractivity contribution is 9.10. The zero-order valence-corrected chi connectivity index (χ0v) is 14.0. The number of carbonyl (C=O) groups excluding carboxylic acids is 1. The average Bonchev–Trinajstić information content (AvgIpc) is 2.93. The van der Waals surface area contributed by atoms with Gasteiger partial charge in [-0.1, -0.05) is 33.8 Å². The Balaban J connectivity index is 2.11. The Bertz CT molecular complexity index is 624. The minimum absolute atomic E-state index is 0.0229. The third-order valence-electron chi connectivity index (χ3n) is 2.78. The number of aromatic nitrogens is 2. The van der Waals surface area contributed by atoms with E-state index >= 15 is 0 Å². The molecule has 0 saturated carbocycles. The van der Waals surface area contributed by atoms with Gasteiger partial charge in [0.05, 0.1) is 5.25 Å².